The summed E-state index contributed by atoms with van der Waals surface area (Å²) < 4.78 is 0.801. The fraction of sp³-hybridized carbons (Fsp3) is 0.688. The van der Waals surface area contributed by atoms with E-state index in [9.17, 15) is 5.21 Å². The smallest absolute Gasteiger partial charge is 0.100 e. The Morgan fingerprint density at radius 2 is 2.15 bits per heavy atom. The Morgan fingerprint density at radius 3 is 2.60 bits per heavy atom. The van der Waals surface area contributed by atoms with E-state index in [4.69, 9.17) is 11.6 Å². The first-order valence-corrected chi connectivity index (χ1v) is 8.54. The number of aryl methyl sites for hydroxylation is 1. The Kier molecular flexibility index (Phi) is 3.41. The van der Waals surface area contributed by atoms with E-state index in [1.54, 1.807) is 0 Å². The number of rotatable bonds is 2. The van der Waals surface area contributed by atoms with E-state index in [1.165, 1.54) is 17.8 Å². The van der Waals surface area contributed by atoms with Gasteiger partial charge in [0, 0.05) is 5.92 Å². The van der Waals surface area contributed by atoms with E-state index in [0.717, 1.165) is 38.7 Å². The van der Waals surface area contributed by atoms with Crippen molar-refractivity contribution in [1.29, 1.82) is 0 Å². The Balaban J connectivity index is 1.89. The summed E-state index contributed by atoms with van der Waals surface area (Å²) in [5.74, 6) is 2.45. The molecule has 1 N–H and O–H groups in total. The van der Waals surface area contributed by atoms with Crippen molar-refractivity contribution < 1.29 is 5.21 Å². The standard InChI is InChI=1S/C16H22ClNOS/c1-8-5-13(20-15(8)17)14(18-19)11-6-10-7-12(9(11)2)16(10,3)4/h5,9-12,19H,6-7H2,1-4H3/b18-14-/t9?,10-,11-,12-/m1/s1. The van der Waals surface area contributed by atoms with E-state index < -0.39 is 0 Å². The summed E-state index contributed by atoms with van der Waals surface area (Å²) in [6.45, 7) is 9.10. The average molecular weight is 312 g/mol. The van der Waals surface area contributed by atoms with Crippen LogP contribution in [0.3, 0.4) is 0 Å². The van der Waals surface area contributed by atoms with E-state index in [0.29, 0.717) is 17.3 Å². The fourth-order valence-corrected chi connectivity index (χ4v) is 5.65. The minimum atomic E-state index is 0.367. The van der Waals surface area contributed by atoms with Gasteiger partial charge >= 0.3 is 0 Å². The molecule has 4 atom stereocenters. The molecule has 1 aromatic heterocycles. The maximum Gasteiger partial charge on any atom is 0.100 e. The number of thiophene rings is 1. The monoisotopic (exact) mass is 311 g/mol. The molecule has 0 radical (unpaired) electrons. The zero-order valence-electron chi connectivity index (χ0n) is 12.5. The maximum atomic E-state index is 9.53. The molecule has 0 aliphatic heterocycles. The zero-order chi connectivity index (χ0) is 14.7. The second kappa shape index (κ2) is 4.74. The zero-order valence-corrected chi connectivity index (χ0v) is 14.1. The number of hydrogen-bond donors (Lipinski definition) is 1. The third kappa shape index (κ3) is 1.93. The van der Waals surface area contributed by atoms with Crippen LogP contribution >= 0.6 is 22.9 Å². The Labute approximate surface area is 129 Å². The molecular formula is C16H22ClNOS. The number of oxime groups is 1. The normalized spacial score (nSPS) is 35.8. The largest absolute Gasteiger partial charge is 0.411 e. The Bertz CT molecular complexity index is 543. The Hall–Kier alpha value is -0.540. The van der Waals surface area contributed by atoms with E-state index in [1.807, 2.05) is 6.92 Å². The number of halogens is 1. The highest BCUT2D eigenvalue weighted by Crippen LogP contribution is 2.63. The summed E-state index contributed by atoms with van der Waals surface area (Å²) in [6.07, 6.45) is 2.48. The van der Waals surface area contributed by atoms with Crippen LogP contribution in [-0.2, 0) is 0 Å². The van der Waals surface area contributed by atoms with Crippen molar-refractivity contribution in [2.45, 2.75) is 40.5 Å². The lowest BCUT2D eigenvalue weighted by molar-refractivity contribution is -0.114. The summed E-state index contributed by atoms with van der Waals surface area (Å²) in [4.78, 5) is 1.03. The second-order valence-electron chi connectivity index (χ2n) is 7.11. The highest BCUT2D eigenvalue weighted by atomic mass is 35.5. The maximum absolute atomic E-state index is 9.53. The molecule has 0 spiro atoms. The molecule has 20 heavy (non-hydrogen) atoms. The summed E-state index contributed by atoms with van der Waals surface area (Å²) in [7, 11) is 0. The van der Waals surface area contributed by atoms with Crippen molar-refractivity contribution in [3.05, 3.63) is 20.8 Å². The molecule has 0 amide bonds. The van der Waals surface area contributed by atoms with E-state index in [-0.39, 0.29) is 0 Å². The highest BCUT2D eigenvalue weighted by molar-refractivity contribution is 7.18. The lowest BCUT2D eigenvalue weighted by atomic mass is 9.43. The highest BCUT2D eigenvalue weighted by Gasteiger charge is 2.57. The van der Waals surface area contributed by atoms with Gasteiger partial charge in [0.1, 0.15) is 5.71 Å². The Morgan fingerprint density at radius 1 is 1.45 bits per heavy atom. The number of hydrogen-bond acceptors (Lipinski definition) is 3. The van der Waals surface area contributed by atoms with Crippen LogP contribution in [0.2, 0.25) is 4.34 Å². The quantitative estimate of drug-likeness (QED) is 0.454. The van der Waals surface area contributed by atoms with E-state index in [2.05, 4.69) is 32.0 Å². The van der Waals surface area contributed by atoms with Crippen LogP contribution in [0.4, 0.5) is 0 Å². The fourth-order valence-electron chi connectivity index (χ4n) is 4.40. The molecule has 3 aliphatic rings. The molecule has 1 aromatic rings. The first kappa shape index (κ1) is 14.4. The molecule has 4 heteroatoms. The molecule has 3 aliphatic carbocycles. The molecule has 2 bridgehead atoms. The van der Waals surface area contributed by atoms with Crippen molar-refractivity contribution in [2.75, 3.05) is 0 Å². The topological polar surface area (TPSA) is 32.6 Å². The third-order valence-electron chi connectivity index (χ3n) is 5.92. The van der Waals surface area contributed by atoms with Gasteiger partial charge in [-0.25, -0.2) is 0 Å². The first-order valence-electron chi connectivity index (χ1n) is 7.34. The lowest BCUT2D eigenvalue weighted by Gasteiger charge is -2.62. The SMILES string of the molecule is Cc1cc(/C(=N\O)[C@@H]2C[C@@H]3C[C@H](C2C)C3(C)C)sc1Cl. The molecule has 3 fully saturated rings. The molecule has 110 valence electrons. The van der Waals surface area contributed by atoms with Gasteiger partial charge in [0.2, 0.25) is 0 Å². The van der Waals surface area contributed by atoms with Gasteiger partial charge in [0.05, 0.1) is 9.21 Å². The van der Waals surface area contributed by atoms with Gasteiger partial charge in [-0.3, -0.25) is 0 Å². The van der Waals surface area contributed by atoms with Gasteiger partial charge in [-0.1, -0.05) is 37.5 Å². The summed E-state index contributed by atoms with van der Waals surface area (Å²) in [5.41, 5.74) is 2.38. The molecule has 3 saturated carbocycles. The molecule has 2 nitrogen and oxygen atoms in total. The van der Waals surface area contributed by atoms with E-state index >= 15 is 0 Å². The summed E-state index contributed by atoms with van der Waals surface area (Å²) >= 11 is 7.70. The predicted molar refractivity (Wildman–Crippen MR) is 85.0 cm³/mol. The predicted octanol–water partition coefficient (Wildman–Crippen LogP) is 5.21. The molecule has 1 unspecified atom stereocenters. The van der Waals surface area contributed by atoms with Crippen LogP contribution in [0.1, 0.15) is 44.1 Å². The summed E-state index contributed by atoms with van der Waals surface area (Å²) in [5, 5.41) is 13.2. The van der Waals surface area contributed by atoms with Gasteiger partial charge in [-0.15, -0.1) is 11.3 Å². The van der Waals surface area contributed by atoms with Gasteiger partial charge in [0.25, 0.3) is 0 Å². The van der Waals surface area contributed by atoms with Crippen molar-refractivity contribution in [3.8, 4) is 0 Å². The molecular weight excluding hydrogens is 290 g/mol. The minimum absolute atomic E-state index is 0.367. The first-order chi connectivity index (χ1) is 9.36. The van der Waals surface area contributed by atoms with Crippen LogP contribution in [0, 0.1) is 36.0 Å². The van der Waals surface area contributed by atoms with Crippen LogP contribution in [0.25, 0.3) is 0 Å². The molecule has 0 saturated heterocycles. The minimum Gasteiger partial charge on any atom is -0.411 e. The van der Waals surface area contributed by atoms with Crippen molar-refractivity contribution in [1.82, 2.24) is 0 Å². The number of nitrogens with zero attached hydrogens (tertiary/aromatic N) is 1. The third-order valence-corrected chi connectivity index (χ3v) is 7.50. The summed E-state index contributed by atoms with van der Waals surface area (Å²) in [6, 6.07) is 2.06. The van der Waals surface area contributed by atoms with Crippen LogP contribution in [0.5, 0.6) is 0 Å². The average Bonchev–Trinajstić information content (AvgIpc) is 2.71. The van der Waals surface area contributed by atoms with Crippen LogP contribution in [-0.4, -0.2) is 10.9 Å². The van der Waals surface area contributed by atoms with Gasteiger partial charge in [-0.05, 0) is 54.6 Å². The number of fused-ring (bicyclic) bond motifs is 2. The second-order valence-corrected chi connectivity index (χ2v) is 8.77. The van der Waals surface area contributed by atoms with Crippen molar-refractivity contribution >= 4 is 28.6 Å². The molecule has 0 aromatic carbocycles. The van der Waals surface area contributed by atoms with Gasteiger partial charge in [0.15, 0.2) is 0 Å². The van der Waals surface area contributed by atoms with Crippen molar-refractivity contribution in [3.63, 3.8) is 0 Å². The van der Waals surface area contributed by atoms with Gasteiger partial charge in [-0.2, -0.15) is 0 Å². The lowest BCUT2D eigenvalue weighted by Crippen LogP contribution is -2.56. The molecule has 1 heterocycles. The van der Waals surface area contributed by atoms with Gasteiger partial charge < -0.3 is 5.21 Å². The van der Waals surface area contributed by atoms with Crippen molar-refractivity contribution in [2.24, 2.45) is 34.2 Å². The molecule has 4 rings (SSSR count). The van der Waals surface area contributed by atoms with Crippen LogP contribution < -0.4 is 0 Å². The van der Waals surface area contributed by atoms with Crippen LogP contribution in [0.15, 0.2) is 11.2 Å².